The van der Waals surface area contributed by atoms with E-state index in [0.717, 1.165) is 0 Å². The quantitative estimate of drug-likeness (QED) is 0.457. The zero-order valence-corrected chi connectivity index (χ0v) is 17.7. The molecule has 0 aliphatic carbocycles. The van der Waals surface area contributed by atoms with Crippen LogP contribution in [0.25, 0.3) is 17.2 Å². The molecule has 1 atom stereocenters. The number of nitrogens with one attached hydrogen (secondary N) is 1. The van der Waals surface area contributed by atoms with E-state index in [1.54, 1.807) is 6.07 Å². The fourth-order valence-electron chi connectivity index (χ4n) is 2.90. The van der Waals surface area contributed by atoms with Crippen molar-refractivity contribution in [1.29, 1.82) is 0 Å². The minimum atomic E-state index is -4.81. The summed E-state index contributed by atoms with van der Waals surface area (Å²) in [6.45, 7) is 3.80. The smallest absolute Gasteiger partial charge is 0.480 e. The van der Waals surface area contributed by atoms with Gasteiger partial charge in [-0.1, -0.05) is 37.6 Å². The lowest BCUT2D eigenvalue weighted by Crippen LogP contribution is -2.31. The molecular weight excluding hydrogens is 451 g/mol. The first-order chi connectivity index (χ1) is 15.0. The zero-order chi connectivity index (χ0) is 23.5. The number of rotatable bonds is 8. The van der Waals surface area contributed by atoms with Crippen LogP contribution in [-0.4, -0.2) is 43.0 Å². The minimum absolute atomic E-state index is 0.0713. The van der Waals surface area contributed by atoms with Gasteiger partial charge in [0, 0.05) is 17.8 Å². The Balaban J connectivity index is 1.86. The number of carboxylic acid groups (broad SMARTS) is 1. The lowest BCUT2D eigenvalue weighted by molar-refractivity contribution is -0.274. The van der Waals surface area contributed by atoms with Crippen molar-refractivity contribution in [1.82, 2.24) is 19.5 Å². The maximum Gasteiger partial charge on any atom is 0.573 e. The van der Waals surface area contributed by atoms with Crippen molar-refractivity contribution in [2.24, 2.45) is 5.92 Å². The van der Waals surface area contributed by atoms with Crippen LogP contribution < -0.4 is 10.1 Å². The van der Waals surface area contributed by atoms with Crippen LogP contribution in [0.3, 0.4) is 0 Å². The van der Waals surface area contributed by atoms with E-state index < -0.39 is 18.4 Å². The molecule has 12 heteroatoms. The molecular formula is C20H19ClF3N5O3. The first-order valence-electron chi connectivity index (χ1n) is 9.44. The van der Waals surface area contributed by atoms with Crippen molar-refractivity contribution in [2.75, 3.05) is 5.32 Å². The molecule has 32 heavy (non-hydrogen) atoms. The Morgan fingerprint density at radius 3 is 2.69 bits per heavy atom. The summed E-state index contributed by atoms with van der Waals surface area (Å²) < 4.78 is 42.8. The largest absolute Gasteiger partial charge is 0.573 e. The van der Waals surface area contributed by atoms with Gasteiger partial charge in [-0.3, -0.25) is 4.57 Å². The predicted octanol–water partition coefficient (Wildman–Crippen LogP) is 4.79. The summed E-state index contributed by atoms with van der Waals surface area (Å²) in [7, 11) is 0. The third kappa shape index (κ3) is 6.33. The molecule has 0 saturated carbocycles. The molecule has 0 aliphatic heterocycles. The summed E-state index contributed by atoms with van der Waals surface area (Å²) in [6, 6.07) is 5.90. The lowest BCUT2D eigenvalue weighted by atomic mass is 10.0. The predicted molar refractivity (Wildman–Crippen MR) is 111 cm³/mol. The number of carboxylic acids is 1. The third-order valence-corrected chi connectivity index (χ3v) is 4.38. The standard InChI is InChI=1S/C20H19ClF3N5O3/c1-11(2)6-14(18(30)31)26-17-8-16(21)27-19(28-17)29-9-15(25-10-29)12-4-3-5-13(7-12)32-20(22,23)24/h3-5,7-11,14H,6H2,1-2H3,(H,30,31)(H,26,27,28). The molecule has 0 saturated heterocycles. The Kier molecular flexibility index (Phi) is 6.87. The van der Waals surface area contributed by atoms with Gasteiger partial charge in [-0.25, -0.2) is 14.8 Å². The average molecular weight is 470 g/mol. The molecule has 0 radical (unpaired) electrons. The molecule has 0 aliphatic rings. The number of ether oxygens (including phenoxy) is 1. The first-order valence-corrected chi connectivity index (χ1v) is 9.82. The first kappa shape index (κ1) is 23.3. The van der Waals surface area contributed by atoms with Crippen LogP contribution in [0.5, 0.6) is 5.75 Å². The van der Waals surface area contributed by atoms with Gasteiger partial charge in [0.05, 0.1) is 5.69 Å². The number of hydrogen-bond donors (Lipinski definition) is 2. The molecule has 0 fully saturated rings. The van der Waals surface area contributed by atoms with Crippen LogP contribution in [0.1, 0.15) is 20.3 Å². The fourth-order valence-corrected chi connectivity index (χ4v) is 3.08. The van der Waals surface area contributed by atoms with E-state index >= 15 is 0 Å². The number of alkyl halides is 3. The van der Waals surface area contributed by atoms with Crippen LogP contribution in [0, 0.1) is 5.92 Å². The second kappa shape index (κ2) is 9.43. The molecule has 3 rings (SSSR count). The minimum Gasteiger partial charge on any atom is -0.480 e. The lowest BCUT2D eigenvalue weighted by Gasteiger charge is -2.17. The molecule has 2 N–H and O–H groups in total. The molecule has 2 aromatic heterocycles. The van der Waals surface area contributed by atoms with Gasteiger partial charge in [-0.15, -0.1) is 13.2 Å². The van der Waals surface area contributed by atoms with Gasteiger partial charge in [-0.2, -0.15) is 4.98 Å². The molecule has 170 valence electrons. The van der Waals surface area contributed by atoms with E-state index in [1.165, 1.54) is 41.4 Å². The van der Waals surface area contributed by atoms with Crippen molar-refractivity contribution >= 4 is 23.4 Å². The molecule has 2 heterocycles. The van der Waals surface area contributed by atoms with Gasteiger partial charge in [0.25, 0.3) is 0 Å². The summed E-state index contributed by atoms with van der Waals surface area (Å²) in [5, 5.41) is 12.3. The highest BCUT2D eigenvalue weighted by Crippen LogP contribution is 2.27. The molecule has 0 bridgehead atoms. The monoisotopic (exact) mass is 469 g/mol. The summed E-state index contributed by atoms with van der Waals surface area (Å²) >= 11 is 6.08. The van der Waals surface area contributed by atoms with Crippen LogP contribution in [0.2, 0.25) is 5.15 Å². The highest BCUT2D eigenvalue weighted by Gasteiger charge is 2.31. The molecule has 1 aromatic carbocycles. The SMILES string of the molecule is CC(C)CC(Nc1cc(Cl)nc(-n2cnc(-c3cccc(OC(F)(F)F)c3)c2)n1)C(=O)O. The van der Waals surface area contributed by atoms with Crippen LogP contribution >= 0.6 is 11.6 Å². The highest BCUT2D eigenvalue weighted by atomic mass is 35.5. The van der Waals surface area contributed by atoms with Crippen molar-refractivity contribution in [2.45, 2.75) is 32.7 Å². The maximum atomic E-state index is 12.5. The van der Waals surface area contributed by atoms with E-state index in [4.69, 9.17) is 11.6 Å². The number of imidazole rings is 1. The number of aromatic nitrogens is 4. The molecule has 0 amide bonds. The van der Waals surface area contributed by atoms with Gasteiger partial charge >= 0.3 is 12.3 Å². The molecule has 3 aromatic rings. The Morgan fingerprint density at radius 2 is 2.03 bits per heavy atom. The summed E-state index contributed by atoms with van der Waals surface area (Å²) in [5.41, 5.74) is 0.729. The topological polar surface area (TPSA) is 102 Å². The Hall–Kier alpha value is -3.34. The van der Waals surface area contributed by atoms with E-state index in [9.17, 15) is 23.1 Å². The van der Waals surface area contributed by atoms with Gasteiger partial charge in [0.2, 0.25) is 5.95 Å². The Bertz CT molecular complexity index is 1100. The van der Waals surface area contributed by atoms with Gasteiger partial charge < -0.3 is 15.2 Å². The molecule has 8 nitrogen and oxygen atoms in total. The zero-order valence-electron chi connectivity index (χ0n) is 17.0. The van der Waals surface area contributed by atoms with Crippen LogP contribution in [-0.2, 0) is 4.79 Å². The Morgan fingerprint density at radius 1 is 1.28 bits per heavy atom. The van der Waals surface area contributed by atoms with Crippen molar-refractivity contribution in [3.63, 3.8) is 0 Å². The van der Waals surface area contributed by atoms with Gasteiger partial charge in [0.1, 0.15) is 29.1 Å². The highest BCUT2D eigenvalue weighted by molar-refractivity contribution is 6.29. The fraction of sp³-hybridized carbons (Fsp3) is 0.300. The number of nitrogens with zero attached hydrogens (tertiary/aromatic N) is 4. The van der Waals surface area contributed by atoms with Gasteiger partial charge in [0.15, 0.2) is 0 Å². The van der Waals surface area contributed by atoms with Crippen LogP contribution in [0.15, 0.2) is 42.9 Å². The second-order valence-corrected chi connectivity index (χ2v) is 7.67. The van der Waals surface area contributed by atoms with E-state index in [1.807, 2.05) is 13.8 Å². The van der Waals surface area contributed by atoms with Gasteiger partial charge in [-0.05, 0) is 24.5 Å². The van der Waals surface area contributed by atoms with Crippen molar-refractivity contribution in [3.05, 3.63) is 48.0 Å². The normalized spacial score (nSPS) is 12.6. The van der Waals surface area contributed by atoms with E-state index in [2.05, 4.69) is 25.0 Å². The Labute approximate surface area is 186 Å². The summed E-state index contributed by atoms with van der Waals surface area (Å²) in [6.07, 6.45) is -1.56. The number of anilines is 1. The molecule has 1 unspecified atom stereocenters. The van der Waals surface area contributed by atoms with Crippen molar-refractivity contribution in [3.8, 4) is 23.0 Å². The molecule has 0 spiro atoms. The summed E-state index contributed by atoms with van der Waals surface area (Å²) in [4.78, 5) is 24.1. The number of carbonyl (C=O) groups is 1. The second-order valence-electron chi connectivity index (χ2n) is 7.28. The van der Waals surface area contributed by atoms with Crippen LogP contribution in [0.4, 0.5) is 19.0 Å². The number of hydrogen-bond acceptors (Lipinski definition) is 6. The third-order valence-electron chi connectivity index (χ3n) is 4.19. The average Bonchev–Trinajstić information content (AvgIpc) is 3.16. The van der Waals surface area contributed by atoms with Crippen molar-refractivity contribution < 1.29 is 27.8 Å². The summed E-state index contributed by atoms with van der Waals surface area (Å²) in [5.74, 6) is -0.951. The van der Waals surface area contributed by atoms with E-state index in [-0.39, 0.29) is 28.6 Å². The number of halogens is 4. The maximum absolute atomic E-state index is 12.5. The number of benzene rings is 1. The van der Waals surface area contributed by atoms with E-state index in [0.29, 0.717) is 17.7 Å². The number of aliphatic carboxylic acids is 1.